The van der Waals surface area contributed by atoms with Crippen molar-refractivity contribution in [3.05, 3.63) is 69.8 Å². The Kier molecular flexibility index (Phi) is 2.91. The number of benzene rings is 3. The molecule has 0 saturated carbocycles. The minimum absolute atomic E-state index is 0.0576. The highest BCUT2D eigenvalue weighted by Crippen LogP contribution is 2.57. The highest BCUT2D eigenvalue weighted by atomic mass is 16.3. The van der Waals surface area contributed by atoms with E-state index in [-0.39, 0.29) is 40.4 Å². The Morgan fingerprint density at radius 3 is 1.85 bits per heavy atom. The fourth-order valence-electron chi connectivity index (χ4n) is 4.62. The van der Waals surface area contributed by atoms with Crippen LogP contribution in [0.15, 0.2) is 36.4 Å². The van der Waals surface area contributed by atoms with Crippen molar-refractivity contribution in [2.24, 2.45) is 0 Å². The monoisotopic (exact) mass is 364 g/mol. The van der Waals surface area contributed by atoms with Crippen LogP contribution in [-0.2, 0) is 6.42 Å². The largest absolute Gasteiger partial charge is 0.508 e. The standard InChI is InChI=1S/C21H16O6/c22-8-2-14-12(16(24)3-8)5-10-11-6-17(25)18(26)7-15(11)20(14)21-13(10)1-9(23)4-19(21)27/h1-4,6-7,10,20,22-27H,5H2. The van der Waals surface area contributed by atoms with Crippen molar-refractivity contribution in [3.8, 4) is 34.5 Å². The van der Waals surface area contributed by atoms with Crippen molar-refractivity contribution >= 4 is 0 Å². The predicted octanol–water partition coefficient (Wildman–Crippen LogP) is 3.10. The lowest BCUT2D eigenvalue weighted by Crippen LogP contribution is -2.16. The van der Waals surface area contributed by atoms with Crippen LogP contribution in [0.25, 0.3) is 0 Å². The second-order valence-corrected chi connectivity index (χ2v) is 7.16. The van der Waals surface area contributed by atoms with E-state index in [1.807, 2.05) is 0 Å². The molecule has 2 atom stereocenters. The first-order valence-corrected chi connectivity index (χ1v) is 8.51. The molecule has 3 aromatic carbocycles. The molecule has 2 bridgehead atoms. The summed E-state index contributed by atoms with van der Waals surface area (Å²) in [7, 11) is 0. The molecule has 6 nitrogen and oxygen atoms in total. The molecule has 6 rings (SSSR count). The summed E-state index contributed by atoms with van der Waals surface area (Å²) in [6.45, 7) is 0. The Labute approximate surface area is 153 Å². The Bertz CT molecular complexity index is 1130. The number of hydrogen-bond acceptors (Lipinski definition) is 6. The molecule has 136 valence electrons. The average Bonchev–Trinajstić information content (AvgIpc) is 2.80. The second-order valence-electron chi connectivity index (χ2n) is 7.16. The van der Waals surface area contributed by atoms with Crippen LogP contribution in [0.4, 0.5) is 0 Å². The van der Waals surface area contributed by atoms with Crippen molar-refractivity contribution in [1.29, 1.82) is 0 Å². The number of aromatic hydroxyl groups is 6. The number of phenols is 6. The van der Waals surface area contributed by atoms with E-state index in [1.165, 1.54) is 30.3 Å². The van der Waals surface area contributed by atoms with Gasteiger partial charge in [0.05, 0.1) is 0 Å². The van der Waals surface area contributed by atoms with Gasteiger partial charge in [-0.3, -0.25) is 0 Å². The van der Waals surface area contributed by atoms with Gasteiger partial charge in [0.1, 0.15) is 23.0 Å². The van der Waals surface area contributed by atoms with Gasteiger partial charge in [-0.2, -0.15) is 0 Å². The van der Waals surface area contributed by atoms with E-state index in [4.69, 9.17) is 0 Å². The summed E-state index contributed by atoms with van der Waals surface area (Å²) < 4.78 is 0. The summed E-state index contributed by atoms with van der Waals surface area (Å²) in [6, 6.07) is 8.56. The van der Waals surface area contributed by atoms with Gasteiger partial charge in [0.2, 0.25) is 0 Å². The quantitative estimate of drug-likeness (QED) is 0.341. The van der Waals surface area contributed by atoms with Gasteiger partial charge in [0.15, 0.2) is 11.5 Å². The van der Waals surface area contributed by atoms with Gasteiger partial charge in [-0.05, 0) is 58.5 Å². The van der Waals surface area contributed by atoms with Crippen LogP contribution in [0.3, 0.4) is 0 Å². The molecule has 6 heteroatoms. The smallest absolute Gasteiger partial charge is 0.157 e. The third kappa shape index (κ3) is 2.01. The minimum Gasteiger partial charge on any atom is -0.508 e. The van der Waals surface area contributed by atoms with Crippen LogP contribution in [0.1, 0.15) is 45.2 Å². The highest BCUT2D eigenvalue weighted by molar-refractivity contribution is 5.69. The van der Waals surface area contributed by atoms with Crippen molar-refractivity contribution in [1.82, 2.24) is 0 Å². The molecule has 2 unspecified atom stereocenters. The van der Waals surface area contributed by atoms with Crippen molar-refractivity contribution < 1.29 is 30.6 Å². The van der Waals surface area contributed by atoms with Crippen molar-refractivity contribution in [3.63, 3.8) is 0 Å². The summed E-state index contributed by atoms with van der Waals surface area (Å²) in [5, 5.41) is 61.2. The summed E-state index contributed by atoms with van der Waals surface area (Å²) >= 11 is 0. The van der Waals surface area contributed by atoms with Crippen molar-refractivity contribution in [2.75, 3.05) is 0 Å². The van der Waals surface area contributed by atoms with Gasteiger partial charge in [0, 0.05) is 29.5 Å². The van der Waals surface area contributed by atoms with Crippen molar-refractivity contribution in [2.45, 2.75) is 18.3 Å². The summed E-state index contributed by atoms with van der Waals surface area (Å²) in [4.78, 5) is 0. The molecule has 3 aromatic rings. The first kappa shape index (κ1) is 15.7. The summed E-state index contributed by atoms with van der Waals surface area (Å²) in [5.74, 6) is -1.83. The maximum atomic E-state index is 10.6. The van der Waals surface area contributed by atoms with E-state index in [0.29, 0.717) is 34.2 Å². The maximum Gasteiger partial charge on any atom is 0.157 e. The molecule has 0 heterocycles. The molecule has 27 heavy (non-hydrogen) atoms. The molecule has 3 aliphatic carbocycles. The molecule has 0 fully saturated rings. The fraction of sp³-hybridized carbons (Fsp3) is 0.143. The van der Waals surface area contributed by atoms with Gasteiger partial charge in [-0.15, -0.1) is 0 Å². The SMILES string of the molecule is Oc1cc(O)c2c(c1)C1Cc3c(O)cc(O)cc3C2c2cc(O)c(O)cc21. The third-order valence-electron chi connectivity index (χ3n) is 5.67. The van der Waals surface area contributed by atoms with Crippen LogP contribution in [0, 0.1) is 0 Å². The Hall–Kier alpha value is -3.54. The summed E-state index contributed by atoms with van der Waals surface area (Å²) in [6.07, 6.45) is 0.352. The van der Waals surface area contributed by atoms with E-state index in [1.54, 1.807) is 6.07 Å². The zero-order valence-electron chi connectivity index (χ0n) is 14.0. The molecular formula is C21H16O6. The minimum atomic E-state index is -0.575. The normalized spacial score (nSPS) is 19.1. The zero-order valence-corrected chi connectivity index (χ0v) is 14.0. The Balaban J connectivity index is 1.94. The Morgan fingerprint density at radius 2 is 1.15 bits per heavy atom. The number of rotatable bonds is 0. The van der Waals surface area contributed by atoms with Gasteiger partial charge in [-0.1, -0.05) is 0 Å². The summed E-state index contributed by atoms with van der Waals surface area (Å²) in [5.41, 5.74) is 3.88. The van der Waals surface area contributed by atoms with Crippen LogP contribution >= 0.6 is 0 Å². The maximum absolute atomic E-state index is 10.6. The molecule has 0 saturated heterocycles. The van der Waals surface area contributed by atoms with E-state index in [9.17, 15) is 30.6 Å². The van der Waals surface area contributed by atoms with E-state index in [0.717, 1.165) is 5.56 Å². The van der Waals surface area contributed by atoms with Crippen LogP contribution < -0.4 is 0 Å². The third-order valence-corrected chi connectivity index (χ3v) is 5.67. The second kappa shape index (κ2) is 5.01. The first-order valence-electron chi connectivity index (χ1n) is 8.51. The lowest BCUT2D eigenvalue weighted by molar-refractivity contribution is 0.401. The molecule has 0 aromatic heterocycles. The lowest BCUT2D eigenvalue weighted by Gasteiger charge is -2.32. The topological polar surface area (TPSA) is 121 Å². The average molecular weight is 364 g/mol. The van der Waals surface area contributed by atoms with E-state index >= 15 is 0 Å². The first-order chi connectivity index (χ1) is 12.8. The highest BCUT2D eigenvalue weighted by Gasteiger charge is 2.41. The lowest BCUT2D eigenvalue weighted by atomic mass is 9.72. The van der Waals surface area contributed by atoms with Crippen LogP contribution in [0.5, 0.6) is 34.5 Å². The predicted molar refractivity (Wildman–Crippen MR) is 95.8 cm³/mol. The van der Waals surface area contributed by atoms with Crippen LogP contribution in [-0.4, -0.2) is 30.6 Å². The van der Waals surface area contributed by atoms with Gasteiger partial charge in [-0.25, -0.2) is 0 Å². The number of hydrogen-bond donors (Lipinski definition) is 6. The van der Waals surface area contributed by atoms with Crippen LogP contribution in [0.2, 0.25) is 0 Å². The molecule has 0 spiro atoms. The zero-order chi connectivity index (χ0) is 19.0. The Morgan fingerprint density at radius 1 is 0.556 bits per heavy atom. The molecule has 0 radical (unpaired) electrons. The molecule has 3 aliphatic rings. The molecule has 6 N–H and O–H groups in total. The van der Waals surface area contributed by atoms with E-state index in [2.05, 4.69) is 0 Å². The van der Waals surface area contributed by atoms with Gasteiger partial charge >= 0.3 is 0 Å². The van der Waals surface area contributed by atoms with Gasteiger partial charge in [0.25, 0.3) is 0 Å². The fourth-order valence-corrected chi connectivity index (χ4v) is 4.62. The molecular weight excluding hydrogens is 348 g/mol. The molecule has 0 aliphatic heterocycles. The number of phenolic OH excluding ortho intramolecular Hbond substituents is 6. The molecule has 0 amide bonds. The van der Waals surface area contributed by atoms with E-state index < -0.39 is 5.92 Å². The van der Waals surface area contributed by atoms with Gasteiger partial charge < -0.3 is 30.6 Å².